The number of nitrogens with one attached hydrogen (secondary N) is 1. The van der Waals surface area contributed by atoms with Crippen LogP contribution in [0.25, 0.3) is 0 Å². The van der Waals surface area contributed by atoms with Gasteiger partial charge < -0.3 is 5.32 Å². The fraction of sp³-hybridized carbons (Fsp3) is 0.438. The molecule has 1 N–H and O–H groups in total. The second-order valence-corrected chi connectivity index (χ2v) is 5.39. The molecule has 1 fully saturated rings. The Morgan fingerprint density at radius 2 is 2.05 bits per heavy atom. The van der Waals surface area contributed by atoms with Crippen molar-refractivity contribution in [1.82, 2.24) is 19.9 Å². The minimum Gasteiger partial charge on any atom is -0.357 e. The van der Waals surface area contributed by atoms with Crippen molar-refractivity contribution >= 4 is 5.95 Å². The summed E-state index contributed by atoms with van der Waals surface area (Å²) >= 11 is 0. The lowest BCUT2D eigenvalue weighted by Gasteiger charge is -2.35. The molecule has 1 aliphatic heterocycles. The van der Waals surface area contributed by atoms with E-state index in [0.29, 0.717) is 12.0 Å². The highest BCUT2D eigenvalue weighted by Gasteiger charge is 2.25. The van der Waals surface area contributed by atoms with Gasteiger partial charge in [0, 0.05) is 32.2 Å². The van der Waals surface area contributed by atoms with Crippen molar-refractivity contribution in [3.05, 3.63) is 48.0 Å². The Hall–Kier alpha value is -2.01. The Bertz CT molecular complexity index is 572. The summed E-state index contributed by atoms with van der Waals surface area (Å²) in [5, 5.41) is 3.02. The second kappa shape index (κ2) is 6.63. The van der Waals surface area contributed by atoms with Crippen LogP contribution in [-0.4, -0.2) is 33.4 Å². The molecular formula is C16H21N5. The predicted octanol–water partition coefficient (Wildman–Crippen LogP) is 2.64. The van der Waals surface area contributed by atoms with Crippen LogP contribution in [0.4, 0.5) is 5.95 Å². The lowest BCUT2D eigenvalue weighted by Crippen LogP contribution is -2.33. The van der Waals surface area contributed by atoms with Crippen molar-refractivity contribution in [2.45, 2.75) is 31.8 Å². The standard InChI is InChI=1S/C16H21N5/c1-17-16-19-10-7-14(20-16)15-4-2-3-11-21(15)12-13-5-8-18-9-6-13/h5-10,15H,2-4,11-12H2,1H3,(H,17,19,20)/t15-/m0/s1. The largest absolute Gasteiger partial charge is 0.357 e. The van der Waals surface area contributed by atoms with E-state index < -0.39 is 0 Å². The Labute approximate surface area is 125 Å². The quantitative estimate of drug-likeness (QED) is 0.935. The molecule has 1 saturated heterocycles. The van der Waals surface area contributed by atoms with E-state index in [1.165, 1.54) is 18.4 Å². The number of aromatic nitrogens is 3. The van der Waals surface area contributed by atoms with E-state index in [2.05, 4.69) is 37.3 Å². The van der Waals surface area contributed by atoms with Gasteiger partial charge in [-0.25, -0.2) is 9.97 Å². The van der Waals surface area contributed by atoms with Crippen LogP contribution in [0.5, 0.6) is 0 Å². The Morgan fingerprint density at radius 3 is 2.86 bits per heavy atom. The lowest BCUT2D eigenvalue weighted by molar-refractivity contribution is 0.137. The maximum Gasteiger partial charge on any atom is 0.222 e. The van der Waals surface area contributed by atoms with E-state index in [1.54, 1.807) is 0 Å². The first-order valence-electron chi connectivity index (χ1n) is 7.50. The summed E-state index contributed by atoms with van der Waals surface area (Å²) in [6.07, 6.45) is 9.23. The van der Waals surface area contributed by atoms with Gasteiger partial charge in [-0.15, -0.1) is 0 Å². The zero-order valence-corrected chi connectivity index (χ0v) is 12.4. The van der Waals surface area contributed by atoms with Gasteiger partial charge in [0.1, 0.15) is 0 Å². The minimum absolute atomic E-state index is 0.377. The van der Waals surface area contributed by atoms with Gasteiger partial charge in [0.2, 0.25) is 5.95 Å². The zero-order valence-electron chi connectivity index (χ0n) is 12.4. The van der Waals surface area contributed by atoms with Crippen molar-refractivity contribution in [2.75, 3.05) is 18.9 Å². The monoisotopic (exact) mass is 283 g/mol. The summed E-state index contributed by atoms with van der Waals surface area (Å²) in [6, 6.07) is 6.59. The molecule has 0 bridgehead atoms. The Kier molecular flexibility index (Phi) is 4.40. The highest BCUT2D eigenvalue weighted by Crippen LogP contribution is 2.31. The van der Waals surface area contributed by atoms with Crippen LogP contribution in [0.3, 0.4) is 0 Å². The maximum atomic E-state index is 4.63. The lowest BCUT2D eigenvalue weighted by atomic mass is 9.98. The molecule has 0 aromatic carbocycles. The SMILES string of the molecule is CNc1nccc([C@@H]2CCCCN2Cc2ccncc2)n1. The summed E-state index contributed by atoms with van der Waals surface area (Å²) in [6.45, 7) is 2.07. The molecule has 3 rings (SSSR count). The fourth-order valence-electron chi connectivity index (χ4n) is 2.92. The van der Waals surface area contributed by atoms with Crippen molar-refractivity contribution in [1.29, 1.82) is 0 Å². The van der Waals surface area contributed by atoms with E-state index in [1.807, 2.05) is 31.7 Å². The molecule has 1 aliphatic rings. The van der Waals surface area contributed by atoms with Crippen molar-refractivity contribution in [3.63, 3.8) is 0 Å². The van der Waals surface area contributed by atoms with E-state index in [4.69, 9.17) is 0 Å². The van der Waals surface area contributed by atoms with Crippen LogP contribution >= 0.6 is 0 Å². The Balaban J connectivity index is 1.80. The van der Waals surface area contributed by atoms with Crippen LogP contribution in [0.2, 0.25) is 0 Å². The van der Waals surface area contributed by atoms with E-state index in [9.17, 15) is 0 Å². The number of rotatable bonds is 4. The number of hydrogen-bond acceptors (Lipinski definition) is 5. The summed E-state index contributed by atoms with van der Waals surface area (Å²) in [4.78, 5) is 15.4. The van der Waals surface area contributed by atoms with Gasteiger partial charge >= 0.3 is 0 Å². The first kappa shape index (κ1) is 13.9. The number of anilines is 1. The van der Waals surface area contributed by atoms with E-state index in [-0.39, 0.29) is 0 Å². The van der Waals surface area contributed by atoms with Gasteiger partial charge in [-0.3, -0.25) is 9.88 Å². The van der Waals surface area contributed by atoms with Crippen LogP contribution in [0.15, 0.2) is 36.8 Å². The van der Waals surface area contributed by atoms with E-state index >= 15 is 0 Å². The number of hydrogen-bond donors (Lipinski definition) is 1. The molecule has 5 heteroatoms. The molecule has 21 heavy (non-hydrogen) atoms. The predicted molar refractivity (Wildman–Crippen MR) is 82.8 cm³/mol. The first-order chi connectivity index (χ1) is 10.4. The van der Waals surface area contributed by atoms with Gasteiger partial charge in [-0.1, -0.05) is 6.42 Å². The number of pyridine rings is 1. The average Bonchev–Trinajstić information content (AvgIpc) is 2.56. The molecule has 110 valence electrons. The maximum absolute atomic E-state index is 4.63. The molecule has 0 amide bonds. The summed E-state index contributed by atoms with van der Waals surface area (Å²) in [5.41, 5.74) is 2.42. The van der Waals surface area contributed by atoms with Crippen molar-refractivity contribution in [3.8, 4) is 0 Å². The second-order valence-electron chi connectivity index (χ2n) is 5.39. The molecule has 5 nitrogen and oxygen atoms in total. The normalized spacial score (nSPS) is 19.4. The van der Waals surface area contributed by atoms with Crippen LogP contribution < -0.4 is 5.32 Å². The topological polar surface area (TPSA) is 53.9 Å². The van der Waals surface area contributed by atoms with Crippen LogP contribution in [0.1, 0.15) is 36.6 Å². The highest BCUT2D eigenvalue weighted by atomic mass is 15.2. The molecule has 0 saturated carbocycles. The minimum atomic E-state index is 0.377. The molecule has 0 spiro atoms. The van der Waals surface area contributed by atoms with Crippen molar-refractivity contribution < 1.29 is 0 Å². The number of nitrogens with zero attached hydrogens (tertiary/aromatic N) is 4. The van der Waals surface area contributed by atoms with Crippen LogP contribution in [0, 0.1) is 0 Å². The average molecular weight is 283 g/mol. The third-order valence-corrected chi connectivity index (χ3v) is 3.99. The van der Waals surface area contributed by atoms with Gasteiger partial charge in [0.05, 0.1) is 11.7 Å². The molecule has 3 heterocycles. The summed E-state index contributed by atoms with van der Waals surface area (Å²) in [5.74, 6) is 0.696. The molecule has 2 aromatic heterocycles. The smallest absolute Gasteiger partial charge is 0.222 e. The third kappa shape index (κ3) is 3.36. The number of piperidine rings is 1. The summed E-state index contributed by atoms with van der Waals surface area (Å²) < 4.78 is 0. The fourth-order valence-corrected chi connectivity index (χ4v) is 2.92. The number of likely N-dealkylation sites (tertiary alicyclic amines) is 1. The first-order valence-corrected chi connectivity index (χ1v) is 7.50. The van der Waals surface area contributed by atoms with Gasteiger partial charge in [0.25, 0.3) is 0 Å². The van der Waals surface area contributed by atoms with Crippen LogP contribution in [-0.2, 0) is 6.54 Å². The molecule has 2 aromatic rings. The van der Waals surface area contributed by atoms with Gasteiger partial charge in [-0.05, 0) is 43.1 Å². The zero-order chi connectivity index (χ0) is 14.5. The third-order valence-electron chi connectivity index (χ3n) is 3.99. The Morgan fingerprint density at radius 1 is 1.19 bits per heavy atom. The molecule has 0 unspecified atom stereocenters. The summed E-state index contributed by atoms with van der Waals surface area (Å²) in [7, 11) is 1.86. The van der Waals surface area contributed by atoms with Gasteiger partial charge in [0.15, 0.2) is 0 Å². The van der Waals surface area contributed by atoms with Crippen molar-refractivity contribution in [2.24, 2.45) is 0 Å². The van der Waals surface area contributed by atoms with Gasteiger partial charge in [-0.2, -0.15) is 0 Å². The highest BCUT2D eigenvalue weighted by molar-refractivity contribution is 5.25. The molecular weight excluding hydrogens is 262 g/mol. The molecule has 0 aliphatic carbocycles. The molecule has 1 atom stereocenters. The molecule has 0 radical (unpaired) electrons. The van der Waals surface area contributed by atoms with E-state index in [0.717, 1.165) is 25.2 Å².